The smallest absolute Gasteiger partial charge is 0.119 e. The highest BCUT2D eigenvalue weighted by atomic mass is 16.3. The van der Waals surface area contributed by atoms with Crippen LogP contribution in [-0.2, 0) is 5.41 Å². The summed E-state index contributed by atoms with van der Waals surface area (Å²) in [6, 6.07) is 4.95. The van der Waals surface area contributed by atoms with Gasteiger partial charge in [-0.25, -0.2) is 0 Å². The zero-order chi connectivity index (χ0) is 13.0. The van der Waals surface area contributed by atoms with Crippen LogP contribution in [0.25, 0.3) is 0 Å². The standard InChI is InChI=1S/C16H22O2/c1-2-3-4-5-7-16(8-6-9-16)13-10-14(17)12-15(18)11-13/h5,7,10-12,17-18H,2-4,6,8-9H2,1H3/b7-5-. The molecule has 0 aliphatic heterocycles. The molecule has 1 saturated carbocycles. The van der Waals surface area contributed by atoms with Crippen LogP contribution >= 0.6 is 0 Å². The molecule has 2 N–H and O–H groups in total. The molecule has 2 heteroatoms. The lowest BCUT2D eigenvalue weighted by molar-refractivity contribution is 0.310. The molecule has 0 heterocycles. The molecule has 1 fully saturated rings. The van der Waals surface area contributed by atoms with Gasteiger partial charge in [-0.3, -0.25) is 0 Å². The summed E-state index contributed by atoms with van der Waals surface area (Å²) in [6.45, 7) is 2.19. The lowest BCUT2D eigenvalue weighted by Crippen LogP contribution is -2.31. The maximum Gasteiger partial charge on any atom is 0.119 e. The second-order valence-electron chi connectivity index (χ2n) is 5.29. The number of hydrogen-bond acceptors (Lipinski definition) is 2. The molecule has 0 unspecified atom stereocenters. The molecule has 1 aromatic rings. The van der Waals surface area contributed by atoms with Crippen LogP contribution in [0.3, 0.4) is 0 Å². The minimum absolute atomic E-state index is 0.0456. The molecule has 1 aliphatic carbocycles. The van der Waals surface area contributed by atoms with Crippen LogP contribution in [0.1, 0.15) is 51.0 Å². The molecule has 2 rings (SSSR count). The van der Waals surface area contributed by atoms with Crippen LogP contribution in [-0.4, -0.2) is 10.2 Å². The van der Waals surface area contributed by atoms with E-state index in [0.717, 1.165) is 24.8 Å². The van der Waals surface area contributed by atoms with Gasteiger partial charge in [0.2, 0.25) is 0 Å². The molecule has 2 nitrogen and oxygen atoms in total. The molecule has 18 heavy (non-hydrogen) atoms. The SMILES string of the molecule is CCCC/C=C\C1(c2cc(O)cc(O)c2)CCC1. The Hall–Kier alpha value is -1.44. The minimum atomic E-state index is 0.0456. The van der Waals surface area contributed by atoms with E-state index in [9.17, 15) is 10.2 Å². The molecule has 0 atom stereocenters. The van der Waals surface area contributed by atoms with Gasteiger partial charge in [0.15, 0.2) is 0 Å². The van der Waals surface area contributed by atoms with E-state index in [2.05, 4.69) is 19.1 Å². The van der Waals surface area contributed by atoms with Gasteiger partial charge in [-0.2, -0.15) is 0 Å². The number of allylic oxidation sites excluding steroid dienone is 2. The Balaban J connectivity index is 2.18. The van der Waals surface area contributed by atoms with Crippen molar-refractivity contribution in [3.8, 4) is 11.5 Å². The minimum Gasteiger partial charge on any atom is -0.508 e. The molecule has 0 radical (unpaired) electrons. The Labute approximate surface area is 109 Å². The number of aromatic hydroxyl groups is 2. The Bertz CT molecular complexity index is 410. The van der Waals surface area contributed by atoms with E-state index in [4.69, 9.17) is 0 Å². The van der Waals surface area contributed by atoms with Crippen molar-refractivity contribution in [3.63, 3.8) is 0 Å². The van der Waals surface area contributed by atoms with Gasteiger partial charge >= 0.3 is 0 Å². The topological polar surface area (TPSA) is 40.5 Å². The molecule has 98 valence electrons. The third-order valence-electron chi connectivity index (χ3n) is 3.88. The third-order valence-corrected chi connectivity index (χ3v) is 3.88. The molecule has 1 aromatic carbocycles. The summed E-state index contributed by atoms with van der Waals surface area (Å²) >= 11 is 0. The zero-order valence-corrected chi connectivity index (χ0v) is 11.0. The first-order chi connectivity index (χ1) is 8.66. The predicted octanol–water partition coefficient (Wildman–Crippen LogP) is 4.27. The first-order valence-electron chi connectivity index (χ1n) is 6.87. The van der Waals surface area contributed by atoms with Gasteiger partial charge in [0.1, 0.15) is 11.5 Å². The van der Waals surface area contributed by atoms with Gasteiger partial charge in [0.25, 0.3) is 0 Å². The van der Waals surface area contributed by atoms with Crippen molar-refractivity contribution in [1.82, 2.24) is 0 Å². The normalized spacial score (nSPS) is 17.8. The van der Waals surface area contributed by atoms with Crippen LogP contribution in [0.15, 0.2) is 30.4 Å². The molecule has 0 saturated heterocycles. The summed E-state index contributed by atoms with van der Waals surface area (Å²) in [6.07, 6.45) is 11.5. The molecule has 1 aliphatic rings. The first-order valence-corrected chi connectivity index (χ1v) is 6.87. The van der Waals surface area contributed by atoms with Crippen molar-refractivity contribution < 1.29 is 10.2 Å². The fraction of sp³-hybridized carbons (Fsp3) is 0.500. The summed E-state index contributed by atoms with van der Waals surface area (Å²) in [5.74, 6) is 0.302. The number of rotatable bonds is 5. The van der Waals surface area contributed by atoms with Crippen molar-refractivity contribution in [2.45, 2.75) is 50.9 Å². The van der Waals surface area contributed by atoms with Crippen molar-refractivity contribution >= 4 is 0 Å². The number of hydrogen-bond donors (Lipinski definition) is 2. The van der Waals surface area contributed by atoms with E-state index in [1.807, 2.05) is 0 Å². The zero-order valence-electron chi connectivity index (χ0n) is 11.0. The number of unbranched alkanes of at least 4 members (excludes halogenated alkanes) is 2. The fourth-order valence-electron chi connectivity index (χ4n) is 2.62. The molecule has 0 bridgehead atoms. The third kappa shape index (κ3) is 2.69. The summed E-state index contributed by atoms with van der Waals surface area (Å²) < 4.78 is 0. The van der Waals surface area contributed by atoms with Crippen LogP contribution in [0.2, 0.25) is 0 Å². The Kier molecular flexibility index (Phi) is 3.95. The second kappa shape index (κ2) is 5.47. The van der Waals surface area contributed by atoms with Crippen molar-refractivity contribution in [2.75, 3.05) is 0 Å². The van der Waals surface area contributed by atoms with E-state index in [-0.39, 0.29) is 16.9 Å². The lowest BCUT2D eigenvalue weighted by atomic mass is 9.64. The number of phenols is 2. The average molecular weight is 246 g/mol. The summed E-state index contributed by atoms with van der Waals surface area (Å²) in [4.78, 5) is 0. The van der Waals surface area contributed by atoms with E-state index in [1.165, 1.54) is 25.3 Å². The number of phenolic OH excluding ortho intramolecular Hbond substituents is 2. The van der Waals surface area contributed by atoms with E-state index in [1.54, 1.807) is 12.1 Å². The van der Waals surface area contributed by atoms with Crippen LogP contribution in [0, 0.1) is 0 Å². The maximum absolute atomic E-state index is 9.60. The largest absolute Gasteiger partial charge is 0.508 e. The average Bonchev–Trinajstić information content (AvgIpc) is 2.25. The molecule has 0 amide bonds. The highest BCUT2D eigenvalue weighted by molar-refractivity contribution is 5.44. The molecular formula is C16H22O2. The van der Waals surface area contributed by atoms with Gasteiger partial charge < -0.3 is 10.2 Å². The summed E-state index contributed by atoms with van der Waals surface area (Å²) in [5.41, 5.74) is 1.09. The Morgan fingerprint density at radius 2 is 1.83 bits per heavy atom. The van der Waals surface area contributed by atoms with Crippen molar-refractivity contribution in [3.05, 3.63) is 35.9 Å². The number of benzene rings is 1. The van der Waals surface area contributed by atoms with E-state index in [0.29, 0.717) is 0 Å². The molecule has 0 spiro atoms. The van der Waals surface area contributed by atoms with Crippen LogP contribution < -0.4 is 0 Å². The first kappa shape index (κ1) is 13.0. The second-order valence-corrected chi connectivity index (χ2v) is 5.29. The van der Waals surface area contributed by atoms with E-state index >= 15 is 0 Å². The van der Waals surface area contributed by atoms with Crippen LogP contribution in [0.5, 0.6) is 11.5 Å². The van der Waals surface area contributed by atoms with Crippen molar-refractivity contribution in [2.24, 2.45) is 0 Å². The Morgan fingerprint density at radius 1 is 1.17 bits per heavy atom. The molecule has 0 aromatic heterocycles. The highest BCUT2D eigenvalue weighted by Crippen LogP contribution is 2.46. The lowest BCUT2D eigenvalue weighted by Gasteiger charge is -2.40. The van der Waals surface area contributed by atoms with Gasteiger partial charge in [-0.15, -0.1) is 0 Å². The maximum atomic E-state index is 9.60. The summed E-state index contributed by atoms with van der Waals surface area (Å²) in [7, 11) is 0. The predicted molar refractivity (Wildman–Crippen MR) is 74.0 cm³/mol. The molecular weight excluding hydrogens is 224 g/mol. The van der Waals surface area contributed by atoms with Gasteiger partial charge in [-0.05, 0) is 37.0 Å². The quantitative estimate of drug-likeness (QED) is 0.602. The van der Waals surface area contributed by atoms with Gasteiger partial charge in [0.05, 0.1) is 0 Å². The van der Waals surface area contributed by atoms with Crippen molar-refractivity contribution in [1.29, 1.82) is 0 Å². The van der Waals surface area contributed by atoms with E-state index < -0.39 is 0 Å². The fourth-order valence-corrected chi connectivity index (χ4v) is 2.62. The Morgan fingerprint density at radius 3 is 2.33 bits per heavy atom. The monoisotopic (exact) mass is 246 g/mol. The van der Waals surface area contributed by atoms with Gasteiger partial charge in [-0.1, -0.05) is 38.3 Å². The van der Waals surface area contributed by atoms with Crippen LogP contribution in [0.4, 0.5) is 0 Å². The summed E-state index contributed by atoms with van der Waals surface area (Å²) in [5, 5.41) is 19.2. The van der Waals surface area contributed by atoms with Gasteiger partial charge in [0, 0.05) is 11.5 Å². The highest BCUT2D eigenvalue weighted by Gasteiger charge is 2.36.